The summed E-state index contributed by atoms with van der Waals surface area (Å²) in [4.78, 5) is 38.6. The van der Waals surface area contributed by atoms with Gasteiger partial charge >= 0.3 is 5.97 Å². The molecular formula is C21H17NO4. The second-order valence-corrected chi connectivity index (χ2v) is 6.42. The number of esters is 1. The minimum Gasteiger partial charge on any atom is -0.423 e. The van der Waals surface area contributed by atoms with Gasteiger partial charge in [0.25, 0.3) is 0 Å². The van der Waals surface area contributed by atoms with E-state index in [0.29, 0.717) is 29.8 Å². The number of amides is 2. The van der Waals surface area contributed by atoms with Gasteiger partial charge in [0.15, 0.2) is 0 Å². The molecule has 1 aliphatic heterocycles. The van der Waals surface area contributed by atoms with Crippen LogP contribution in [0.3, 0.4) is 0 Å². The largest absolute Gasteiger partial charge is 0.423 e. The lowest BCUT2D eigenvalue weighted by molar-refractivity contribution is -0.122. The predicted octanol–water partition coefficient (Wildman–Crippen LogP) is 3.36. The Labute approximate surface area is 150 Å². The zero-order chi connectivity index (χ0) is 18.1. The molecule has 0 saturated carbocycles. The fourth-order valence-electron chi connectivity index (χ4n) is 3.46. The zero-order valence-electron chi connectivity index (χ0n) is 14.0. The van der Waals surface area contributed by atoms with Crippen molar-refractivity contribution in [3.63, 3.8) is 0 Å². The smallest absolute Gasteiger partial charge is 0.343 e. The second kappa shape index (κ2) is 6.59. The minimum atomic E-state index is -0.486. The van der Waals surface area contributed by atoms with E-state index >= 15 is 0 Å². The van der Waals surface area contributed by atoms with Crippen LogP contribution in [-0.2, 0) is 9.59 Å². The summed E-state index contributed by atoms with van der Waals surface area (Å²) in [7, 11) is 0. The van der Waals surface area contributed by atoms with Crippen LogP contribution in [0.25, 0.3) is 0 Å². The third-order valence-electron chi connectivity index (χ3n) is 4.82. The van der Waals surface area contributed by atoms with Crippen molar-refractivity contribution in [1.82, 2.24) is 0 Å². The maximum atomic E-state index is 12.6. The molecule has 4 rings (SSSR count). The van der Waals surface area contributed by atoms with Crippen LogP contribution in [0.1, 0.15) is 23.2 Å². The van der Waals surface area contributed by atoms with Gasteiger partial charge in [-0.25, -0.2) is 4.79 Å². The fourth-order valence-corrected chi connectivity index (χ4v) is 3.46. The Morgan fingerprint density at radius 3 is 2.00 bits per heavy atom. The topological polar surface area (TPSA) is 63.7 Å². The van der Waals surface area contributed by atoms with Gasteiger partial charge in [-0.05, 0) is 49.2 Å². The Bertz CT molecular complexity index is 860. The van der Waals surface area contributed by atoms with Crippen LogP contribution in [-0.4, -0.2) is 17.8 Å². The molecule has 0 radical (unpaired) electrons. The van der Waals surface area contributed by atoms with E-state index in [1.807, 2.05) is 18.2 Å². The molecule has 2 atom stereocenters. The number of ether oxygens (including phenoxy) is 1. The quantitative estimate of drug-likeness (QED) is 0.370. The van der Waals surface area contributed by atoms with Crippen molar-refractivity contribution >= 4 is 23.5 Å². The first kappa shape index (κ1) is 16.3. The Balaban J connectivity index is 1.52. The predicted molar refractivity (Wildman–Crippen MR) is 95.7 cm³/mol. The molecule has 0 aromatic heterocycles. The molecular weight excluding hydrogens is 330 g/mol. The average molecular weight is 347 g/mol. The van der Waals surface area contributed by atoms with Crippen molar-refractivity contribution in [1.29, 1.82) is 0 Å². The van der Waals surface area contributed by atoms with Crippen LogP contribution in [0, 0.1) is 11.8 Å². The summed E-state index contributed by atoms with van der Waals surface area (Å²) in [6, 6.07) is 15.2. The summed E-state index contributed by atoms with van der Waals surface area (Å²) in [5, 5.41) is 0. The van der Waals surface area contributed by atoms with Gasteiger partial charge in [0.1, 0.15) is 5.75 Å². The number of para-hydroxylation sites is 1. The van der Waals surface area contributed by atoms with E-state index in [1.165, 1.54) is 4.90 Å². The SMILES string of the molecule is O=C(Oc1ccccc1)c1ccc(N2C(=O)[C@@H]3CC=CC[C@H]3C2=O)cc1. The van der Waals surface area contributed by atoms with Gasteiger partial charge in [-0.2, -0.15) is 0 Å². The van der Waals surface area contributed by atoms with Crippen molar-refractivity contribution in [2.45, 2.75) is 12.8 Å². The highest BCUT2D eigenvalue weighted by Crippen LogP contribution is 2.37. The van der Waals surface area contributed by atoms with E-state index in [-0.39, 0.29) is 23.7 Å². The van der Waals surface area contributed by atoms with E-state index in [4.69, 9.17) is 4.74 Å². The summed E-state index contributed by atoms with van der Waals surface area (Å²) >= 11 is 0. The molecule has 2 aromatic carbocycles. The molecule has 2 amide bonds. The lowest BCUT2D eigenvalue weighted by atomic mass is 9.85. The first-order valence-electron chi connectivity index (χ1n) is 8.55. The van der Waals surface area contributed by atoms with Crippen LogP contribution >= 0.6 is 0 Å². The number of nitrogens with zero attached hydrogens (tertiary/aromatic N) is 1. The van der Waals surface area contributed by atoms with Crippen molar-refractivity contribution in [3.8, 4) is 5.75 Å². The highest BCUT2D eigenvalue weighted by Gasteiger charge is 2.47. The molecule has 0 unspecified atom stereocenters. The molecule has 0 N–H and O–H groups in total. The molecule has 5 heteroatoms. The van der Waals surface area contributed by atoms with Crippen LogP contribution < -0.4 is 9.64 Å². The molecule has 2 aliphatic rings. The van der Waals surface area contributed by atoms with Crippen LogP contribution in [0.15, 0.2) is 66.7 Å². The van der Waals surface area contributed by atoms with Gasteiger partial charge in [0.2, 0.25) is 11.8 Å². The highest BCUT2D eigenvalue weighted by atomic mass is 16.5. The molecule has 1 heterocycles. The number of hydrogen-bond acceptors (Lipinski definition) is 4. The van der Waals surface area contributed by atoms with E-state index in [0.717, 1.165) is 0 Å². The number of allylic oxidation sites excluding steroid dienone is 2. The first-order chi connectivity index (χ1) is 12.6. The average Bonchev–Trinajstić information content (AvgIpc) is 2.94. The summed E-state index contributed by atoms with van der Waals surface area (Å²) in [5.41, 5.74) is 0.849. The van der Waals surface area contributed by atoms with E-state index in [9.17, 15) is 14.4 Å². The molecule has 1 aliphatic carbocycles. The highest BCUT2D eigenvalue weighted by molar-refractivity contribution is 6.22. The molecule has 130 valence electrons. The summed E-state index contributed by atoms with van der Waals surface area (Å²) in [6.07, 6.45) is 5.12. The number of hydrogen-bond donors (Lipinski definition) is 0. The van der Waals surface area contributed by atoms with Crippen LogP contribution in [0.5, 0.6) is 5.75 Å². The molecule has 2 aromatic rings. The Hall–Kier alpha value is -3.21. The van der Waals surface area contributed by atoms with Gasteiger partial charge in [-0.1, -0.05) is 30.4 Å². The number of carbonyl (C=O) groups is 3. The van der Waals surface area contributed by atoms with Crippen LogP contribution in [0.2, 0.25) is 0 Å². The van der Waals surface area contributed by atoms with Crippen molar-refractivity contribution in [2.75, 3.05) is 4.90 Å². The van der Waals surface area contributed by atoms with Crippen molar-refractivity contribution in [2.24, 2.45) is 11.8 Å². The monoisotopic (exact) mass is 347 g/mol. The molecule has 5 nitrogen and oxygen atoms in total. The number of fused-ring (bicyclic) bond motifs is 1. The zero-order valence-corrected chi connectivity index (χ0v) is 14.0. The number of rotatable bonds is 3. The number of anilines is 1. The first-order valence-corrected chi connectivity index (χ1v) is 8.55. The van der Waals surface area contributed by atoms with Crippen molar-refractivity contribution < 1.29 is 19.1 Å². The Morgan fingerprint density at radius 2 is 1.42 bits per heavy atom. The lowest BCUT2D eigenvalue weighted by Gasteiger charge is -2.15. The molecule has 0 spiro atoms. The number of benzene rings is 2. The standard InChI is InChI=1S/C21H17NO4/c23-19-17-8-4-5-9-18(17)20(24)22(19)15-12-10-14(11-13-15)21(25)26-16-6-2-1-3-7-16/h1-7,10-13,17-18H,8-9H2/t17-,18-/m1/s1. The maximum Gasteiger partial charge on any atom is 0.343 e. The summed E-state index contributed by atoms with van der Waals surface area (Å²) < 4.78 is 5.29. The minimum absolute atomic E-state index is 0.163. The third-order valence-corrected chi connectivity index (χ3v) is 4.82. The maximum absolute atomic E-state index is 12.6. The van der Waals surface area contributed by atoms with Crippen LogP contribution in [0.4, 0.5) is 5.69 Å². The third kappa shape index (κ3) is 2.81. The van der Waals surface area contributed by atoms with Gasteiger partial charge < -0.3 is 4.74 Å². The van der Waals surface area contributed by atoms with E-state index in [1.54, 1.807) is 48.5 Å². The Kier molecular flexibility index (Phi) is 4.13. The van der Waals surface area contributed by atoms with Gasteiger partial charge in [-0.3, -0.25) is 14.5 Å². The molecule has 1 saturated heterocycles. The second-order valence-electron chi connectivity index (χ2n) is 6.42. The van der Waals surface area contributed by atoms with Gasteiger partial charge in [0.05, 0.1) is 23.1 Å². The van der Waals surface area contributed by atoms with Gasteiger partial charge in [-0.15, -0.1) is 0 Å². The number of imide groups is 1. The fraction of sp³-hybridized carbons (Fsp3) is 0.190. The molecule has 26 heavy (non-hydrogen) atoms. The van der Waals surface area contributed by atoms with E-state index < -0.39 is 5.97 Å². The van der Waals surface area contributed by atoms with E-state index in [2.05, 4.69) is 0 Å². The lowest BCUT2D eigenvalue weighted by Crippen LogP contribution is -2.30. The molecule has 1 fully saturated rings. The van der Waals surface area contributed by atoms with Gasteiger partial charge in [0, 0.05) is 0 Å². The Morgan fingerprint density at radius 1 is 0.846 bits per heavy atom. The normalized spacial score (nSPS) is 21.6. The summed E-state index contributed by atoms with van der Waals surface area (Å²) in [6.45, 7) is 0. The van der Waals surface area contributed by atoms with Crippen molar-refractivity contribution in [3.05, 3.63) is 72.3 Å². The molecule has 0 bridgehead atoms. The summed E-state index contributed by atoms with van der Waals surface area (Å²) in [5.74, 6) is -0.888. The number of carbonyl (C=O) groups excluding carboxylic acids is 3.